The van der Waals surface area contributed by atoms with Gasteiger partial charge < -0.3 is 25.2 Å². The number of rotatable bonds is 9. The number of carbonyl (C=O) groups excluding carboxylic acids is 3. The Balaban J connectivity index is 1.27. The van der Waals surface area contributed by atoms with Crippen molar-refractivity contribution in [2.75, 3.05) is 13.2 Å². The number of benzene rings is 3. The van der Waals surface area contributed by atoms with Crippen LogP contribution in [0.3, 0.4) is 0 Å². The second kappa shape index (κ2) is 11.5. The van der Waals surface area contributed by atoms with Gasteiger partial charge in [-0.05, 0) is 34.7 Å². The van der Waals surface area contributed by atoms with Crippen LogP contribution in [0.15, 0.2) is 78.9 Å². The van der Waals surface area contributed by atoms with E-state index in [1.54, 1.807) is 12.1 Å². The first kappa shape index (κ1) is 24.9. The molecule has 186 valence electrons. The van der Waals surface area contributed by atoms with Gasteiger partial charge in [-0.3, -0.25) is 4.79 Å². The molecule has 2 amide bonds. The summed E-state index contributed by atoms with van der Waals surface area (Å²) in [6.07, 6.45) is -0.758. The lowest BCUT2D eigenvalue weighted by Crippen LogP contribution is -2.52. The topological polar surface area (TPSA) is 114 Å². The molecule has 36 heavy (non-hydrogen) atoms. The summed E-state index contributed by atoms with van der Waals surface area (Å²) < 4.78 is 10.6. The average molecular weight is 489 g/mol. The van der Waals surface area contributed by atoms with Crippen molar-refractivity contribution in [1.29, 1.82) is 0 Å². The Kier molecular flexibility index (Phi) is 7.97. The smallest absolute Gasteiger partial charge is 0.407 e. The van der Waals surface area contributed by atoms with Gasteiger partial charge in [-0.25, -0.2) is 9.59 Å². The minimum atomic E-state index is -1.26. The molecule has 0 heterocycles. The number of hydrogen-bond acceptors (Lipinski definition) is 6. The van der Waals surface area contributed by atoms with Crippen molar-refractivity contribution in [3.05, 3.63) is 95.6 Å². The maximum absolute atomic E-state index is 12.5. The van der Waals surface area contributed by atoms with Crippen molar-refractivity contribution in [2.45, 2.75) is 31.5 Å². The van der Waals surface area contributed by atoms with Crippen LogP contribution in [-0.4, -0.2) is 48.4 Å². The Labute approximate surface area is 209 Å². The lowest BCUT2D eigenvalue weighted by atomic mass is 9.98. The molecular weight excluding hydrogens is 460 g/mol. The van der Waals surface area contributed by atoms with Gasteiger partial charge in [0.2, 0.25) is 5.91 Å². The molecule has 3 aromatic rings. The number of alkyl carbamates (subject to hydrolysis) is 1. The lowest BCUT2D eigenvalue weighted by molar-refractivity contribution is -0.150. The average Bonchev–Trinajstić information content (AvgIpc) is 3.23. The predicted octanol–water partition coefficient (Wildman–Crippen LogP) is 3.13. The van der Waals surface area contributed by atoms with Gasteiger partial charge >= 0.3 is 12.1 Å². The zero-order chi connectivity index (χ0) is 25.5. The zero-order valence-corrected chi connectivity index (χ0v) is 19.8. The normalized spacial score (nSPS) is 13.6. The second-order valence-electron chi connectivity index (χ2n) is 8.53. The Morgan fingerprint density at radius 2 is 1.42 bits per heavy atom. The number of ether oxygens (including phenoxy) is 2. The molecule has 4 rings (SSSR count). The Hall–Kier alpha value is -4.17. The fourth-order valence-electron chi connectivity index (χ4n) is 4.19. The highest BCUT2D eigenvalue weighted by molar-refractivity contribution is 5.89. The zero-order valence-electron chi connectivity index (χ0n) is 19.8. The molecule has 1 aliphatic rings. The number of amides is 2. The first-order valence-electron chi connectivity index (χ1n) is 11.7. The number of fused-ring (bicyclic) bond motifs is 3. The summed E-state index contributed by atoms with van der Waals surface area (Å²) in [7, 11) is 0. The molecule has 2 atom stereocenters. The van der Waals surface area contributed by atoms with Crippen LogP contribution < -0.4 is 10.6 Å². The van der Waals surface area contributed by atoms with E-state index in [0.717, 1.165) is 27.8 Å². The van der Waals surface area contributed by atoms with Crippen molar-refractivity contribution in [3.8, 4) is 11.1 Å². The number of carbonyl (C=O) groups is 3. The number of aliphatic hydroxyl groups is 1. The summed E-state index contributed by atoms with van der Waals surface area (Å²) in [5, 5.41) is 14.4. The molecule has 0 unspecified atom stereocenters. The number of aliphatic hydroxyl groups excluding tert-OH is 1. The van der Waals surface area contributed by atoms with Crippen LogP contribution in [-0.2, 0) is 25.7 Å². The molecule has 3 aromatic carbocycles. The first-order valence-corrected chi connectivity index (χ1v) is 11.7. The van der Waals surface area contributed by atoms with Crippen molar-refractivity contribution in [2.24, 2.45) is 0 Å². The van der Waals surface area contributed by atoms with E-state index in [1.807, 2.05) is 66.7 Å². The summed E-state index contributed by atoms with van der Waals surface area (Å²) in [6.45, 7) is 0.941. The van der Waals surface area contributed by atoms with E-state index in [0.29, 0.717) is 0 Å². The quantitative estimate of drug-likeness (QED) is 0.399. The van der Waals surface area contributed by atoms with Crippen molar-refractivity contribution in [3.63, 3.8) is 0 Å². The molecule has 0 fully saturated rings. The molecule has 8 heteroatoms. The Bertz CT molecular complexity index is 1180. The van der Waals surface area contributed by atoms with Crippen molar-refractivity contribution >= 4 is 18.0 Å². The van der Waals surface area contributed by atoms with Crippen LogP contribution in [0, 0.1) is 0 Å². The largest absolute Gasteiger partial charge is 0.459 e. The van der Waals surface area contributed by atoms with Gasteiger partial charge in [0.05, 0.1) is 6.61 Å². The van der Waals surface area contributed by atoms with Gasteiger partial charge in [0, 0.05) is 5.92 Å². The van der Waals surface area contributed by atoms with E-state index >= 15 is 0 Å². The summed E-state index contributed by atoms with van der Waals surface area (Å²) >= 11 is 0. The maximum atomic E-state index is 12.5. The van der Waals surface area contributed by atoms with E-state index < -0.39 is 36.7 Å². The fraction of sp³-hybridized carbons (Fsp3) is 0.250. The highest BCUT2D eigenvalue weighted by Gasteiger charge is 2.30. The van der Waals surface area contributed by atoms with E-state index in [2.05, 4.69) is 10.6 Å². The van der Waals surface area contributed by atoms with E-state index in [-0.39, 0.29) is 19.1 Å². The van der Waals surface area contributed by atoms with E-state index in [9.17, 15) is 19.5 Å². The number of hydrogen-bond donors (Lipinski definition) is 3. The summed E-state index contributed by atoms with van der Waals surface area (Å²) in [6, 6.07) is 22.8. The third-order valence-electron chi connectivity index (χ3n) is 6.08. The van der Waals surface area contributed by atoms with Crippen LogP contribution in [0.25, 0.3) is 11.1 Å². The van der Waals surface area contributed by atoms with Crippen LogP contribution >= 0.6 is 0 Å². The molecular formula is C28H28N2O6. The number of esters is 1. The standard InChI is InChI=1S/C28H28N2O6/c1-18(26(32)30-25(15-31)27(33)35-16-19-9-3-2-4-10-19)29-28(34)36-17-24-22-13-7-5-11-20(22)21-12-6-8-14-23(21)24/h2-14,18,24-25,31H,15-17H2,1H3,(H,29,34)(H,30,32)/t18-,25-/m0/s1. The minimum Gasteiger partial charge on any atom is -0.459 e. The van der Waals surface area contributed by atoms with Crippen LogP contribution in [0.1, 0.15) is 29.5 Å². The summed E-state index contributed by atoms with van der Waals surface area (Å²) in [5.74, 6) is -1.53. The van der Waals surface area contributed by atoms with Gasteiger partial charge in [-0.1, -0.05) is 78.9 Å². The Morgan fingerprint density at radius 3 is 2.03 bits per heavy atom. The van der Waals surface area contributed by atoms with Crippen molar-refractivity contribution < 1.29 is 29.0 Å². The van der Waals surface area contributed by atoms with Crippen LogP contribution in [0.4, 0.5) is 4.79 Å². The second-order valence-corrected chi connectivity index (χ2v) is 8.53. The van der Waals surface area contributed by atoms with E-state index in [1.165, 1.54) is 6.92 Å². The highest BCUT2D eigenvalue weighted by Crippen LogP contribution is 2.44. The first-order chi connectivity index (χ1) is 17.5. The summed E-state index contributed by atoms with van der Waals surface area (Å²) in [5.41, 5.74) is 5.17. The van der Waals surface area contributed by atoms with Crippen molar-refractivity contribution in [1.82, 2.24) is 10.6 Å². The molecule has 8 nitrogen and oxygen atoms in total. The molecule has 3 N–H and O–H groups in total. The van der Waals surface area contributed by atoms with Gasteiger partial charge in [0.15, 0.2) is 6.04 Å². The molecule has 0 bridgehead atoms. The van der Waals surface area contributed by atoms with Gasteiger partial charge in [-0.15, -0.1) is 0 Å². The molecule has 0 saturated carbocycles. The molecule has 0 spiro atoms. The third-order valence-corrected chi connectivity index (χ3v) is 6.08. The van der Waals surface area contributed by atoms with Gasteiger partial charge in [0.25, 0.3) is 0 Å². The monoisotopic (exact) mass is 488 g/mol. The van der Waals surface area contributed by atoms with Gasteiger partial charge in [0.1, 0.15) is 19.3 Å². The number of nitrogens with one attached hydrogen (secondary N) is 2. The third kappa shape index (κ3) is 5.72. The lowest BCUT2D eigenvalue weighted by Gasteiger charge is -2.20. The van der Waals surface area contributed by atoms with Crippen LogP contribution in [0.5, 0.6) is 0 Å². The fourth-order valence-corrected chi connectivity index (χ4v) is 4.19. The maximum Gasteiger partial charge on any atom is 0.407 e. The predicted molar refractivity (Wildman–Crippen MR) is 133 cm³/mol. The van der Waals surface area contributed by atoms with Gasteiger partial charge in [-0.2, -0.15) is 0 Å². The molecule has 0 aliphatic heterocycles. The summed E-state index contributed by atoms with van der Waals surface area (Å²) in [4.78, 5) is 37.2. The Morgan fingerprint density at radius 1 is 0.833 bits per heavy atom. The van der Waals surface area contributed by atoms with Crippen LogP contribution in [0.2, 0.25) is 0 Å². The molecule has 0 saturated heterocycles. The highest BCUT2D eigenvalue weighted by atomic mass is 16.5. The SMILES string of the molecule is C[C@H](NC(=O)OCC1c2ccccc2-c2ccccc21)C(=O)N[C@@H](CO)C(=O)OCc1ccccc1. The molecule has 1 aliphatic carbocycles. The molecule has 0 radical (unpaired) electrons. The molecule has 0 aromatic heterocycles. The minimum absolute atomic E-state index is 0.0135. The van der Waals surface area contributed by atoms with E-state index in [4.69, 9.17) is 9.47 Å².